The van der Waals surface area contributed by atoms with Crippen LogP contribution in [-0.4, -0.2) is 37.2 Å². The molecule has 1 aliphatic rings. The van der Waals surface area contributed by atoms with Crippen LogP contribution in [0.15, 0.2) is 41.5 Å². The lowest BCUT2D eigenvalue weighted by Gasteiger charge is -2.29. The summed E-state index contributed by atoms with van der Waals surface area (Å²) in [5.41, 5.74) is 8.02. The molecule has 3 rings (SSSR count). The van der Waals surface area contributed by atoms with E-state index in [4.69, 9.17) is 33.7 Å². The van der Waals surface area contributed by atoms with Crippen LogP contribution in [0.25, 0.3) is 0 Å². The highest BCUT2D eigenvalue weighted by molar-refractivity contribution is 14.0. The summed E-state index contributed by atoms with van der Waals surface area (Å²) in [4.78, 5) is 11.2. The molecule has 28 heavy (non-hydrogen) atoms. The van der Waals surface area contributed by atoms with Crippen molar-refractivity contribution in [2.75, 3.05) is 31.2 Å². The third-order valence-corrected chi connectivity index (χ3v) is 4.95. The van der Waals surface area contributed by atoms with Crippen molar-refractivity contribution in [2.24, 2.45) is 10.7 Å². The number of guanidine groups is 1. The van der Waals surface area contributed by atoms with Gasteiger partial charge in [-0.1, -0.05) is 35.3 Å². The van der Waals surface area contributed by atoms with E-state index in [1.807, 2.05) is 25.1 Å². The lowest BCUT2D eigenvalue weighted by atomic mass is 10.1. The van der Waals surface area contributed by atoms with Gasteiger partial charge < -0.3 is 20.7 Å². The molecule has 1 aliphatic heterocycles. The first-order valence-corrected chi connectivity index (χ1v) is 9.58. The molecule has 0 bridgehead atoms. The van der Waals surface area contributed by atoms with Crippen molar-refractivity contribution in [3.63, 3.8) is 0 Å². The number of halogens is 3. The molecule has 2 aromatic rings. The topological polar surface area (TPSA) is 75.8 Å². The van der Waals surface area contributed by atoms with E-state index in [0.29, 0.717) is 35.8 Å². The summed E-state index contributed by atoms with van der Waals surface area (Å²) in [5.74, 6) is 1.29. The Morgan fingerprint density at radius 2 is 2.07 bits per heavy atom. The second kappa shape index (κ2) is 11.0. The van der Waals surface area contributed by atoms with E-state index in [1.165, 1.54) is 0 Å². The first-order valence-electron chi connectivity index (χ1n) is 8.82. The number of hydrogen-bond acceptors (Lipinski definition) is 4. The van der Waals surface area contributed by atoms with E-state index in [0.717, 1.165) is 30.0 Å². The molecule has 0 saturated carbocycles. The molecule has 6 nitrogen and oxygen atoms in total. The first-order chi connectivity index (χ1) is 13.0. The van der Waals surface area contributed by atoms with Gasteiger partial charge in [-0.2, -0.15) is 0 Å². The fourth-order valence-electron chi connectivity index (χ4n) is 2.98. The Morgan fingerprint density at radius 1 is 1.32 bits per heavy atom. The SMILES string of the molecule is CC(NC(N)=NCc1cccnc1N1CCOCC1)c1ccc(Cl)cc1Cl.I. The van der Waals surface area contributed by atoms with Gasteiger partial charge in [0.15, 0.2) is 5.96 Å². The van der Waals surface area contributed by atoms with Crippen molar-refractivity contribution < 1.29 is 4.74 Å². The number of rotatable bonds is 5. The van der Waals surface area contributed by atoms with Gasteiger partial charge in [0.05, 0.1) is 25.8 Å². The highest BCUT2D eigenvalue weighted by Gasteiger charge is 2.16. The quantitative estimate of drug-likeness (QED) is 0.344. The number of anilines is 1. The van der Waals surface area contributed by atoms with Gasteiger partial charge in [0.2, 0.25) is 0 Å². The van der Waals surface area contributed by atoms with Gasteiger partial charge in [0.25, 0.3) is 0 Å². The lowest BCUT2D eigenvalue weighted by Crippen LogP contribution is -2.37. The number of nitrogens with two attached hydrogens (primary N) is 1. The average Bonchev–Trinajstić information content (AvgIpc) is 2.67. The lowest BCUT2D eigenvalue weighted by molar-refractivity contribution is 0.122. The minimum absolute atomic E-state index is 0. The molecule has 0 radical (unpaired) electrons. The zero-order valence-corrected chi connectivity index (χ0v) is 19.4. The van der Waals surface area contributed by atoms with E-state index in [2.05, 4.69) is 20.2 Å². The molecule has 9 heteroatoms. The van der Waals surface area contributed by atoms with Crippen molar-refractivity contribution in [3.05, 3.63) is 57.7 Å². The molecule has 1 unspecified atom stereocenters. The van der Waals surface area contributed by atoms with E-state index < -0.39 is 0 Å². The third-order valence-electron chi connectivity index (χ3n) is 4.39. The Labute approximate surface area is 192 Å². The van der Waals surface area contributed by atoms with Crippen molar-refractivity contribution >= 4 is 59.0 Å². The molecule has 1 atom stereocenters. The number of morpholine rings is 1. The van der Waals surface area contributed by atoms with Gasteiger partial charge in [0.1, 0.15) is 5.82 Å². The minimum atomic E-state index is -0.0915. The van der Waals surface area contributed by atoms with Crippen LogP contribution in [0.4, 0.5) is 5.82 Å². The second-order valence-corrected chi connectivity index (χ2v) is 7.16. The van der Waals surface area contributed by atoms with Crippen LogP contribution in [0.5, 0.6) is 0 Å². The number of aliphatic imine (C=N–C) groups is 1. The highest BCUT2D eigenvalue weighted by Crippen LogP contribution is 2.26. The maximum atomic E-state index is 6.26. The van der Waals surface area contributed by atoms with Crippen LogP contribution < -0.4 is 16.0 Å². The molecular formula is C19H24Cl2IN5O. The van der Waals surface area contributed by atoms with Gasteiger partial charge >= 0.3 is 0 Å². The predicted octanol–water partition coefficient (Wildman–Crippen LogP) is 4.01. The number of benzene rings is 1. The summed E-state index contributed by atoms with van der Waals surface area (Å²) in [7, 11) is 0. The predicted molar refractivity (Wildman–Crippen MR) is 126 cm³/mol. The Balaban J connectivity index is 0.00000280. The number of aromatic nitrogens is 1. The summed E-state index contributed by atoms with van der Waals surface area (Å²) in [6.45, 7) is 5.49. The zero-order valence-electron chi connectivity index (χ0n) is 15.6. The van der Waals surface area contributed by atoms with Crippen molar-refractivity contribution in [1.29, 1.82) is 0 Å². The smallest absolute Gasteiger partial charge is 0.189 e. The van der Waals surface area contributed by atoms with E-state index in [9.17, 15) is 0 Å². The number of ether oxygens (including phenoxy) is 1. The molecule has 3 N–H and O–H groups in total. The fraction of sp³-hybridized carbons (Fsp3) is 0.368. The fourth-order valence-corrected chi connectivity index (χ4v) is 3.55. The summed E-state index contributed by atoms with van der Waals surface area (Å²) in [6, 6.07) is 9.24. The Hall–Kier alpha value is -1.29. The standard InChI is InChI=1S/C19H23Cl2N5O.HI/c1-13(16-5-4-15(20)11-17(16)21)25-19(22)24-12-14-3-2-6-23-18(14)26-7-9-27-10-8-26;/h2-6,11,13H,7-10,12H2,1H3,(H3,22,24,25);1H. The Bertz CT molecular complexity index is 815. The average molecular weight is 536 g/mol. The highest BCUT2D eigenvalue weighted by atomic mass is 127. The van der Waals surface area contributed by atoms with E-state index >= 15 is 0 Å². The molecule has 2 heterocycles. The van der Waals surface area contributed by atoms with Gasteiger partial charge in [-0.05, 0) is 30.7 Å². The molecule has 1 fully saturated rings. The summed E-state index contributed by atoms with van der Waals surface area (Å²) in [5, 5.41) is 4.37. The summed E-state index contributed by atoms with van der Waals surface area (Å²) >= 11 is 12.2. The van der Waals surface area contributed by atoms with Crippen LogP contribution in [-0.2, 0) is 11.3 Å². The van der Waals surface area contributed by atoms with Crippen LogP contribution in [0.1, 0.15) is 24.1 Å². The largest absolute Gasteiger partial charge is 0.378 e. The molecular weight excluding hydrogens is 512 g/mol. The third kappa shape index (κ3) is 6.10. The molecule has 0 spiro atoms. The van der Waals surface area contributed by atoms with Crippen LogP contribution in [0, 0.1) is 0 Å². The molecule has 152 valence electrons. The molecule has 0 aliphatic carbocycles. The van der Waals surface area contributed by atoms with Gasteiger partial charge in [-0.25, -0.2) is 9.98 Å². The van der Waals surface area contributed by atoms with E-state index in [-0.39, 0.29) is 30.0 Å². The zero-order chi connectivity index (χ0) is 19.2. The molecule has 0 amide bonds. The van der Waals surface area contributed by atoms with Crippen LogP contribution in [0.2, 0.25) is 10.0 Å². The second-order valence-electron chi connectivity index (χ2n) is 6.32. The summed E-state index contributed by atoms with van der Waals surface area (Å²) in [6.07, 6.45) is 1.80. The van der Waals surface area contributed by atoms with Gasteiger partial charge in [-0.15, -0.1) is 24.0 Å². The molecule has 1 aromatic heterocycles. The maximum Gasteiger partial charge on any atom is 0.189 e. The summed E-state index contributed by atoms with van der Waals surface area (Å²) < 4.78 is 5.42. The number of nitrogens with zero attached hydrogens (tertiary/aromatic N) is 3. The van der Waals surface area contributed by atoms with Gasteiger partial charge in [0, 0.05) is 34.9 Å². The monoisotopic (exact) mass is 535 g/mol. The van der Waals surface area contributed by atoms with Crippen LogP contribution in [0.3, 0.4) is 0 Å². The normalized spacial score (nSPS) is 15.7. The number of nitrogens with one attached hydrogen (secondary N) is 1. The number of pyridine rings is 1. The minimum Gasteiger partial charge on any atom is -0.378 e. The van der Waals surface area contributed by atoms with Crippen LogP contribution >= 0.6 is 47.2 Å². The molecule has 1 aromatic carbocycles. The number of hydrogen-bond donors (Lipinski definition) is 2. The van der Waals surface area contributed by atoms with Crippen molar-refractivity contribution in [2.45, 2.75) is 19.5 Å². The van der Waals surface area contributed by atoms with Crippen molar-refractivity contribution in [1.82, 2.24) is 10.3 Å². The van der Waals surface area contributed by atoms with E-state index in [1.54, 1.807) is 18.3 Å². The van der Waals surface area contributed by atoms with Gasteiger partial charge in [-0.3, -0.25) is 0 Å². The molecule has 1 saturated heterocycles. The Morgan fingerprint density at radius 3 is 2.79 bits per heavy atom. The maximum absolute atomic E-state index is 6.26. The van der Waals surface area contributed by atoms with Crippen molar-refractivity contribution in [3.8, 4) is 0 Å². The first kappa shape index (κ1) is 23.0. The Kier molecular flexibility index (Phi) is 9.07.